The Morgan fingerprint density at radius 3 is 3.05 bits per heavy atom. The minimum atomic E-state index is -1.05. The first-order valence-corrected chi connectivity index (χ1v) is 7.00. The maximum Gasteiger partial charge on any atom is 0.260 e. The number of hydrogen-bond donors (Lipinski definition) is 2. The summed E-state index contributed by atoms with van der Waals surface area (Å²) >= 11 is 3.41. The highest BCUT2D eigenvalue weighted by atomic mass is 79.9. The summed E-state index contributed by atoms with van der Waals surface area (Å²) in [5, 5.41) is 17.6. The van der Waals surface area contributed by atoms with Gasteiger partial charge in [0.15, 0.2) is 5.60 Å². The Bertz CT molecular complexity index is 579. The van der Waals surface area contributed by atoms with Crippen LogP contribution in [0.1, 0.15) is 18.7 Å². The molecule has 0 radical (unpaired) electrons. The standard InChI is InChI=1S/C13H14BrN3O2/c14-10-4-1-3-9(7-10)11-16-12(19-17-11)13(18)5-2-6-15-8-13/h1,3-4,7,15,18H,2,5-6,8H2. The molecule has 0 amide bonds. The Hall–Kier alpha value is -1.24. The summed E-state index contributed by atoms with van der Waals surface area (Å²) in [6.07, 6.45) is 1.53. The molecule has 2 N–H and O–H groups in total. The zero-order valence-electron chi connectivity index (χ0n) is 10.3. The number of piperidine rings is 1. The predicted molar refractivity (Wildman–Crippen MR) is 73.4 cm³/mol. The highest BCUT2D eigenvalue weighted by Gasteiger charge is 2.37. The van der Waals surface area contributed by atoms with Crippen molar-refractivity contribution in [3.63, 3.8) is 0 Å². The average Bonchev–Trinajstić information content (AvgIpc) is 2.90. The molecule has 0 bridgehead atoms. The van der Waals surface area contributed by atoms with Crippen LogP contribution in [0, 0.1) is 0 Å². The number of nitrogens with zero attached hydrogens (tertiary/aromatic N) is 2. The van der Waals surface area contributed by atoms with Crippen LogP contribution in [0.15, 0.2) is 33.3 Å². The molecule has 19 heavy (non-hydrogen) atoms. The van der Waals surface area contributed by atoms with E-state index in [9.17, 15) is 5.11 Å². The third-order valence-corrected chi connectivity index (χ3v) is 3.76. The van der Waals surface area contributed by atoms with Gasteiger partial charge in [-0.2, -0.15) is 4.98 Å². The largest absolute Gasteiger partial charge is 0.379 e. The van der Waals surface area contributed by atoms with E-state index in [1.165, 1.54) is 0 Å². The lowest BCUT2D eigenvalue weighted by Crippen LogP contribution is -2.43. The monoisotopic (exact) mass is 323 g/mol. The lowest BCUT2D eigenvalue weighted by atomic mass is 9.94. The van der Waals surface area contributed by atoms with Crippen molar-refractivity contribution in [3.8, 4) is 11.4 Å². The van der Waals surface area contributed by atoms with Gasteiger partial charge in [-0.1, -0.05) is 33.2 Å². The molecule has 6 heteroatoms. The Kier molecular flexibility index (Phi) is 3.38. The van der Waals surface area contributed by atoms with Crippen LogP contribution >= 0.6 is 15.9 Å². The Morgan fingerprint density at radius 1 is 1.42 bits per heavy atom. The third kappa shape index (κ3) is 2.56. The van der Waals surface area contributed by atoms with Crippen molar-refractivity contribution < 1.29 is 9.63 Å². The van der Waals surface area contributed by atoms with Crippen LogP contribution < -0.4 is 5.32 Å². The SMILES string of the molecule is OC1(c2nc(-c3cccc(Br)c3)no2)CCCNC1. The van der Waals surface area contributed by atoms with Crippen molar-refractivity contribution in [3.05, 3.63) is 34.6 Å². The maximum absolute atomic E-state index is 10.5. The van der Waals surface area contributed by atoms with Crippen LogP contribution in [-0.2, 0) is 5.60 Å². The van der Waals surface area contributed by atoms with E-state index in [0.29, 0.717) is 18.8 Å². The van der Waals surface area contributed by atoms with Gasteiger partial charge < -0.3 is 14.9 Å². The Labute approximate surface area is 119 Å². The fourth-order valence-electron chi connectivity index (χ4n) is 2.23. The second-order valence-electron chi connectivity index (χ2n) is 4.75. The fourth-order valence-corrected chi connectivity index (χ4v) is 2.63. The number of β-amino-alcohol motifs (C(OH)–C–C–N with tert-alkyl or cyclic N) is 1. The van der Waals surface area contributed by atoms with Gasteiger partial charge in [0, 0.05) is 16.6 Å². The minimum Gasteiger partial charge on any atom is -0.379 e. The van der Waals surface area contributed by atoms with Crippen molar-refractivity contribution in [2.24, 2.45) is 0 Å². The molecule has 0 aliphatic carbocycles. The highest BCUT2D eigenvalue weighted by Crippen LogP contribution is 2.29. The van der Waals surface area contributed by atoms with E-state index in [2.05, 4.69) is 31.4 Å². The summed E-state index contributed by atoms with van der Waals surface area (Å²) in [4.78, 5) is 4.33. The summed E-state index contributed by atoms with van der Waals surface area (Å²) in [5.74, 6) is 0.782. The van der Waals surface area contributed by atoms with Crippen molar-refractivity contribution in [1.82, 2.24) is 15.5 Å². The Balaban J connectivity index is 1.91. The first-order valence-electron chi connectivity index (χ1n) is 6.21. The molecule has 1 saturated heterocycles. The van der Waals surface area contributed by atoms with Crippen LogP contribution in [0.3, 0.4) is 0 Å². The van der Waals surface area contributed by atoms with E-state index < -0.39 is 5.60 Å². The van der Waals surface area contributed by atoms with Crippen molar-refractivity contribution in [2.75, 3.05) is 13.1 Å². The van der Waals surface area contributed by atoms with Crippen molar-refractivity contribution in [1.29, 1.82) is 0 Å². The number of aromatic nitrogens is 2. The van der Waals surface area contributed by atoms with E-state index in [1.807, 2.05) is 24.3 Å². The van der Waals surface area contributed by atoms with E-state index in [1.54, 1.807) is 0 Å². The summed E-state index contributed by atoms with van der Waals surface area (Å²) in [7, 11) is 0. The molecule has 1 fully saturated rings. The average molecular weight is 324 g/mol. The van der Waals surface area contributed by atoms with E-state index >= 15 is 0 Å². The van der Waals surface area contributed by atoms with Gasteiger partial charge in [0.25, 0.3) is 5.89 Å². The molecule has 3 rings (SSSR count). The van der Waals surface area contributed by atoms with E-state index in [0.717, 1.165) is 23.0 Å². The molecule has 0 saturated carbocycles. The number of hydrogen-bond acceptors (Lipinski definition) is 5. The van der Waals surface area contributed by atoms with Gasteiger partial charge in [0.05, 0.1) is 0 Å². The number of rotatable bonds is 2. The molecule has 1 atom stereocenters. The molecule has 2 aromatic rings. The molecule has 1 aromatic carbocycles. The van der Waals surface area contributed by atoms with Crippen LogP contribution in [0.2, 0.25) is 0 Å². The smallest absolute Gasteiger partial charge is 0.260 e. The molecule has 5 nitrogen and oxygen atoms in total. The molecule has 1 aliphatic rings. The summed E-state index contributed by atoms with van der Waals surface area (Å²) in [5.41, 5.74) is -0.188. The molecular formula is C13H14BrN3O2. The molecule has 100 valence electrons. The van der Waals surface area contributed by atoms with Gasteiger partial charge in [0.1, 0.15) is 0 Å². The summed E-state index contributed by atoms with van der Waals surface area (Å²) < 4.78 is 6.19. The normalized spacial score (nSPS) is 23.5. The number of benzene rings is 1. The van der Waals surface area contributed by atoms with Gasteiger partial charge in [-0.15, -0.1) is 0 Å². The van der Waals surface area contributed by atoms with Gasteiger partial charge in [-0.25, -0.2) is 0 Å². The number of halogens is 1. The van der Waals surface area contributed by atoms with Crippen LogP contribution in [-0.4, -0.2) is 28.3 Å². The number of nitrogens with one attached hydrogen (secondary N) is 1. The van der Waals surface area contributed by atoms with E-state index in [4.69, 9.17) is 4.52 Å². The van der Waals surface area contributed by atoms with Crippen molar-refractivity contribution in [2.45, 2.75) is 18.4 Å². The quantitative estimate of drug-likeness (QED) is 0.885. The zero-order chi connectivity index (χ0) is 13.3. The van der Waals surface area contributed by atoms with Crippen LogP contribution in [0.5, 0.6) is 0 Å². The maximum atomic E-state index is 10.5. The first kappa shape index (κ1) is 12.8. The van der Waals surface area contributed by atoms with Crippen LogP contribution in [0.4, 0.5) is 0 Å². The van der Waals surface area contributed by atoms with E-state index in [-0.39, 0.29) is 5.89 Å². The second kappa shape index (κ2) is 5.03. The summed E-state index contributed by atoms with van der Waals surface area (Å²) in [6.45, 7) is 1.36. The Morgan fingerprint density at radius 2 is 2.32 bits per heavy atom. The van der Waals surface area contributed by atoms with Gasteiger partial charge in [0.2, 0.25) is 5.82 Å². The summed E-state index contributed by atoms with van der Waals surface area (Å²) in [6, 6.07) is 7.66. The zero-order valence-corrected chi connectivity index (χ0v) is 11.9. The molecular weight excluding hydrogens is 310 g/mol. The van der Waals surface area contributed by atoms with Crippen molar-refractivity contribution >= 4 is 15.9 Å². The highest BCUT2D eigenvalue weighted by molar-refractivity contribution is 9.10. The predicted octanol–water partition coefficient (Wildman–Crippen LogP) is 2.07. The third-order valence-electron chi connectivity index (χ3n) is 3.27. The van der Waals surface area contributed by atoms with Gasteiger partial charge in [-0.05, 0) is 31.5 Å². The molecule has 1 aromatic heterocycles. The number of aliphatic hydroxyl groups is 1. The molecule has 0 spiro atoms. The first-order chi connectivity index (χ1) is 9.17. The molecule has 2 heterocycles. The van der Waals surface area contributed by atoms with Gasteiger partial charge >= 0.3 is 0 Å². The molecule has 1 unspecified atom stereocenters. The fraction of sp³-hybridized carbons (Fsp3) is 0.385. The topological polar surface area (TPSA) is 71.2 Å². The van der Waals surface area contributed by atoms with Crippen LogP contribution in [0.25, 0.3) is 11.4 Å². The second-order valence-corrected chi connectivity index (χ2v) is 5.66. The lowest BCUT2D eigenvalue weighted by molar-refractivity contribution is -0.0167. The van der Waals surface area contributed by atoms with Gasteiger partial charge in [-0.3, -0.25) is 0 Å². The molecule has 1 aliphatic heterocycles. The lowest BCUT2D eigenvalue weighted by Gasteiger charge is -2.28. The minimum absolute atomic E-state index is 0.287.